The Morgan fingerprint density at radius 3 is 2.36 bits per heavy atom. The number of halogens is 2. The molecule has 0 spiro atoms. The normalized spacial score (nSPS) is 35.5. The third-order valence-electron chi connectivity index (χ3n) is 1.43. The summed E-state index contributed by atoms with van der Waals surface area (Å²) >= 11 is 0. The molecule has 0 radical (unpaired) electrons. The number of alkyl halides is 2. The van der Waals surface area contributed by atoms with Gasteiger partial charge in [-0.2, -0.15) is 8.78 Å². The predicted molar refractivity (Wildman–Crippen MR) is 27.9 cm³/mol. The first-order valence-electron chi connectivity index (χ1n) is 2.88. The van der Waals surface area contributed by atoms with Crippen LogP contribution < -0.4 is 0 Å². The van der Waals surface area contributed by atoms with Gasteiger partial charge in [-0.25, -0.2) is 4.79 Å². The van der Waals surface area contributed by atoms with Gasteiger partial charge in [-0.1, -0.05) is 0 Å². The number of rotatable bonds is 1. The Kier molecular flexibility index (Phi) is 1.81. The molecular formula is C5H6F2O4. The molecule has 0 amide bonds. The van der Waals surface area contributed by atoms with Gasteiger partial charge in [0.15, 0.2) is 12.2 Å². The highest BCUT2D eigenvalue weighted by atomic mass is 19.3. The molecule has 0 aromatic heterocycles. The molecule has 0 bridgehead atoms. The lowest BCUT2D eigenvalue weighted by molar-refractivity contribution is -0.162. The molecule has 64 valence electrons. The number of aliphatic hydroxyl groups is 2. The van der Waals surface area contributed by atoms with Crippen molar-refractivity contribution in [1.82, 2.24) is 0 Å². The van der Waals surface area contributed by atoms with E-state index in [4.69, 9.17) is 10.2 Å². The number of hydrogen-bond donors (Lipinski definition) is 2. The summed E-state index contributed by atoms with van der Waals surface area (Å²) in [4.78, 5) is 10.2. The number of ether oxygens (including phenoxy) is 1. The fraction of sp³-hybridized carbons (Fsp3) is 0.800. The van der Waals surface area contributed by atoms with Crippen molar-refractivity contribution in [3.8, 4) is 0 Å². The van der Waals surface area contributed by atoms with E-state index in [2.05, 4.69) is 4.74 Å². The van der Waals surface area contributed by atoms with Gasteiger partial charge in [0.2, 0.25) is 0 Å². The Hall–Kier alpha value is -0.750. The molecule has 0 aromatic rings. The van der Waals surface area contributed by atoms with Crippen LogP contribution in [0.5, 0.6) is 0 Å². The lowest BCUT2D eigenvalue weighted by Gasteiger charge is -2.10. The standard InChI is InChI=1S/C5H6F2O4/c6-5(7)3(9)2(1-8)11-4(5)10/h2-3,8-9H,1H2/t2-,3-/m0/s1. The van der Waals surface area contributed by atoms with Gasteiger partial charge >= 0.3 is 11.9 Å². The molecule has 2 N–H and O–H groups in total. The first-order valence-corrected chi connectivity index (χ1v) is 2.88. The van der Waals surface area contributed by atoms with Gasteiger partial charge in [-0.3, -0.25) is 0 Å². The van der Waals surface area contributed by atoms with Crippen LogP contribution in [-0.2, 0) is 9.53 Å². The van der Waals surface area contributed by atoms with Gasteiger partial charge in [0.05, 0.1) is 6.61 Å². The highest BCUT2D eigenvalue weighted by Gasteiger charge is 2.59. The summed E-state index contributed by atoms with van der Waals surface area (Å²) in [6, 6.07) is 0. The predicted octanol–water partition coefficient (Wildman–Crippen LogP) is -1.10. The average Bonchev–Trinajstić information content (AvgIpc) is 2.14. The van der Waals surface area contributed by atoms with Crippen LogP contribution in [0.3, 0.4) is 0 Å². The SMILES string of the molecule is O=C1O[C@@H](CO)[C@H](O)C1(F)F. The van der Waals surface area contributed by atoms with Crippen molar-refractivity contribution in [2.45, 2.75) is 18.1 Å². The van der Waals surface area contributed by atoms with E-state index in [9.17, 15) is 13.6 Å². The second kappa shape index (κ2) is 2.38. The monoisotopic (exact) mass is 168 g/mol. The topological polar surface area (TPSA) is 66.8 Å². The van der Waals surface area contributed by atoms with Crippen molar-refractivity contribution in [2.24, 2.45) is 0 Å². The number of hydrogen-bond acceptors (Lipinski definition) is 4. The van der Waals surface area contributed by atoms with E-state index in [1.807, 2.05) is 0 Å². The fourth-order valence-electron chi connectivity index (χ4n) is 0.772. The maximum atomic E-state index is 12.3. The first-order chi connectivity index (χ1) is 5.00. The highest BCUT2D eigenvalue weighted by Crippen LogP contribution is 2.30. The molecule has 1 rings (SSSR count). The van der Waals surface area contributed by atoms with Gasteiger partial charge in [-0.15, -0.1) is 0 Å². The lowest BCUT2D eigenvalue weighted by Crippen LogP contribution is -2.38. The molecule has 0 aromatic carbocycles. The number of esters is 1. The van der Waals surface area contributed by atoms with E-state index >= 15 is 0 Å². The Balaban J connectivity index is 2.80. The smallest absolute Gasteiger partial charge is 0.380 e. The molecular weight excluding hydrogens is 162 g/mol. The van der Waals surface area contributed by atoms with Gasteiger partial charge < -0.3 is 14.9 Å². The fourth-order valence-corrected chi connectivity index (χ4v) is 0.772. The Bertz CT molecular complexity index is 181. The number of cyclic esters (lactones) is 1. The molecule has 6 heteroatoms. The molecule has 1 saturated heterocycles. The van der Waals surface area contributed by atoms with E-state index in [1.54, 1.807) is 0 Å². The van der Waals surface area contributed by atoms with Crippen molar-refractivity contribution in [2.75, 3.05) is 6.61 Å². The molecule has 0 saturated carbocycles. The molecule has 2 atom stereocenters. The lowest BCUT2D eigenvalue weighted by atomic mass is 10.1. The summed E-state index contributed by atoms with van der Waals surface area (Å²) in [7, 11) is 0. The van der Waals surface area contributed by atoms with Crippen molar-refractivity contribution in [3.63, 3.8) is 0 Å². The maximum Gasteiger partial charge on any atom is 0.380 e. The largest absolute Gasteiger partial charge is 0.452 e. The van der Waals surface area contributed by atoms with Gasteiger partial charge in [-0.05, 0) is 0 Å². The Morgan fingerprint density at radius 2 is 2.18 bits per heavy atom. The van der Waals surface area contributed by atoms with Crippen LogP contribution in [0.4, 0.5) is 8.78 Å². The molecule has 1 aliphatic heterocycles. The minimum Gasteiger partial charge on any atom is -0.452 e. The minimum absolute atomic E-state index is 0.803. The summed E-state index contributed by atoms with van der Waals surface area (Å²) in [6.45, 7) is -0.803. The second-order valence-electron chi connectivity index (χ2n) is 2.19. The summed E-state index contributed by atoms with van der Waals surface area (Å²) in [6.07, 6.45) is -3.74. The minimum atomic E-state index is -3.88. The second-order valence-corrected chi connectivity index (χ2v) is 2.19. The van der Waals surface area contributed by atoms with Crippen LogP contribution in [0, 0.1) is 0 Å². The average molecular weight is 168 g/mol. The highest BCUT2D eigenvalue weighted by molar-refractivity contribution is 5.81. The molecule has 1 aliphatic rings. The van der Waals surface area contributed by atoms with Crippen LogP contribution in [0.25, 0.3) is 0 Å². The number of carbonyl (C=O) groups is 1. The Morgan fingerprint density at radius 1 is 1.64 bits per heavy atom. The van der Waals surface area contributed by atoms with Crippen molar-refractivity contribution in [1.29, 1.82) is 0 Å². The van der Waals surface area contributed by atoms with Crippen LogP contribution in [0.2, 0.25) is 0 Å². The van der Waals surface area contributed by atoms with Gasteiger partial charge in [0.1, 0.15) is 0 Å². The van der Waals surface area contributed by atoms with Crippen LogP contribution in [0.1, 0.15) is 0 Å². The Labute approximate surface area is 60.4 Å². The van der Waals surface area contributed by atoms with E-state index in [0.29, 0.717) is 0 Å². The van der Waals surface area contributed by atoms with Gasteiger partial charge in [0, 0.05) is 0 Å². The maximum absolute atomic E-state index is 12.3. The summed E-state index contributed by atoms with van der Waals surface area (Å²) in [5, 5.41) is 16.9. The van der Waals surface area contributed by atoms with Crippen LogP contribution >= 0.6 is 0 Å². The molecule has 4 nitrogen and oxygen atoms in total. The molecule has 1 heterocycles. The third-order valence-corrected chi connectivity index (χ3v) is 1.43. The summed E-state index contributed by atoms with van der Waals surface area (Å²) in [5.41, 5.74) is 0. The van der Waals surface area contributed by atoms with Crippen LogP contribution in [-0.4, -0.2) is 40.9 Å². The van der Waals surface area contributed by atoms with Gasteiger partial charge in [0.25, 0.3) is 0 Å². The quantitative estimate of drug-likeness (QED) is 0.488. The summed E-state index contributed by atoms with van der Waals surface area (Å²) in [5.74, 6) is -5.67. The van der Waals surface area contributed by atoms with Crippen molar-refractivity contribution in [3.05, 3.63) is 0 Å². The zero-order valence-corrected chi connectivity index (χ0v) is 5.33. The van der Waals surface area contributed by atoms with E-state index in [-0.39, 0.29) is 0 Å². The zero-order chi connectivity index (χ0) is 8.65. The van der Waals surface area contributed by atoms with Crippen molar-refractivity contribution >= 4 is 5.97 Å². The van der Waals surface area contributed by atoms with E-state index in [0.717, 1.165) is 0 Å². The molecule has 1 fully saturated rings. The van der Waals surface area contributed by atoms with E-state index < -0.39 is 30.7 Å². The molecule has 11 heavy (non-hydrogen) atoms. The van der Waals surface area contributed by atoms with Crippen LogP contribution in [0.15, 0.2) is 0 Å². The first kappa shape index (κ1) is 8.35. The number of carbonyl (C=O) groups excluding carboxylic acids is 1. The van der Waals surface area contributed by atoms with Crippen molar-refractivity contribution < 1.29 is 28.5 Å². The molecule has 0 aliphatic carbocycles. The zero-order valence-electron chi connectivity index (χ0n) is 5.33. The van der Waals surface area contributed by atoms with E-state index in [1.165, 1.54) is 0 Å². The number of aliphatic hydroxyl groups excluding tert-OH is 2. The third kappa shape index (κ3) is 1.08. The molecule has 0 unspecified atom stereocenters. The summed E-state index contributed by atoms with van der Waals surface area (Å²) < 4.78 is 28.6.